The highest BCUT2D eigenvalue weighted by molar-refractivity contribution is 5.97. The van der Waals surface area contributed by atoms with Crippen LogP contribution >= 0.6 is 0 Å². The lowest BCUT2D eigenvalue weighted by atomic mass is 10.1. The van der Waals surface area contributed by atoms with Crippen molar-refractivity contribution >= 4 is 23.6 Å². The molecule has 0 bridgehead atoms. The molecule has 1 N–H and O–H groups in total. The van der Waals surface area contributed by atoms with E-state index in [1.165, 1.54) is 24.3 Å². The summed E-state index contributed by atoms with van der Waals surface area (Å²) in [5.74, 6) is -1.08. The Morgan fingerprint density at radius 2 is 1.52 bits per heavy atom. The standard InChI is InChI=1S/C22H23NO6/c1-2-28-22(27)17-8-10-18(11-9-17)29-21(26)14-15-23-20(25)13-12-19(24)16-6-4-3-5-7-16/h3-11H,2,12-15H2,1H3,(H,23,25). The summed E-state index contributed by atoms with van der Waals surface area (Å²) in [4.78, 5) is 47.2. The van der Waals surface area contributed by atoms with E-state index >= 15 is 0 Å². The van der Waals surface area contributed by atoms with Crippen molar-refractivity contribution in [1.82, 2.24) is 5.32 Å². The fraction of sp³-hybridized carbons (Fsp3) is 0.273. The Morgan fingerprint density at radius 3 is 2.17 bits per heavy atom. The lowest BCUT2D eigenvalue weighted by molar-refractivity contribution is -0.134. The monoisotopic (exact) mass is 397 g/mol. The molecular weight excluding hydrogens is 374 g/mol. The van der Waals surface area contributed by atoms with Crippen molar-refractivity contribution in [2.45, 2.75) is 26.2 Å². The Morgan fingerprint density at radius 1 is 0.828 bits per heavy atom. The average Bonchev–Trinajstić information content (AvgIpc) is 2.73. The number of ether oxygens (including phenoxy) is 2. The molecule has 0 aliphatic carbocycles. The van der Waals surface area contributed by atoms with Gasteiger partial charge in [-0.05, 0) is 31.2 Å². The van der Waals surface area contributed by atoms with E-state index in [2.05, 4.69) is 5.32 Å². The zero-order valence-corrected chi connectivity index (χ0v) is 16.2. The predicted octanol–water partition coefficient (Wildman–Crippen LogP) is 2.94. The molecule has 7 heteroatoms. The van der Waals surface area contributed by atoms with Gasteiger partial charge in [-0.1, -0.05) is 30.3 Å². The van der Waals surface area contributed by atoms with Crippen LogP contribution in [0.1, 0.15) is 46.9 Å². The predicted molar refractivity (Wildman–Crippen MR) is 106 cm³/mol. The summed E-state index contributed by atoms with van der Waals surface area (Å²) in [6.45, 7) is 2.10. The maximum Gasteiger partial charge on any atom is 0.338 e. The first-order valence-electron chi connectivity index (χ1n) is 9.32. The second-order valence-corrected chi connectivity index (χ2v) is 6.11. The highest BCUT2D eigenvalue weighted by atomic mass is 16.5. The fourth-order valence-electron chi connectivity index (χ4n) is 2.44. The first-order chi connectivity index (χ1) is 14.0. The number of esters is 2. The molecule has 1 amide bonds. The number of hydrogen-bond donors (Lipinski definition) is 1. The molecule has 2 aromatic rings. The van der Waals surface area contributed by atoms with Crippen LogP contribution in [0.15, 0.2) is 54.6 Å². The van der Waals surface area contributed by atoms with Crippen LogP contribution in [-0.4, -0.2) is 36.8 Å². The first-order valence-corrected chi connectivity index (χ1v) is 9.32. The van der Waals surface area contributed by atoms with Gasteiger partial charge in [-0.25, -0.2) is 4.79 Å². The van der Waals surface area contributed by atoms with E-state index in [9.17, 15) is 19.2 Å². The van der Waals surface area contributed by atoms with Crippen molar-refractivity contribution in [1.29, 1.82) is 0 Å². The second-order valence-electron chi connectivity index (χ2n) is 6.11. The molecule has 29 heavy (non-hydrogen) atoms. The summed E-state index contributed by atoms with van der Waals surface area (Å²) in [5, 5.41) is 2.59. The highest BCUT2D eigenvalue weighted by Gasteiger charge is 2.11. The van der Waals surface area contributed by atoms with Crippen molar-refractivity contribution < 1.29 is 28.7 Å². The summed E-state index contributed by atoms with van der Waals surface area (Å²) >= 11 is 0. The number of ketones is 1. The van der Waals surface area contributed by atoms with Gasteiger partial charge in [0.15, 0.2) is 5.78 Å². The van der Waals surface area contributed by atoms with Crippen molar-refractivity contribution in [3.8, 4) is 5.75 Å². The summed E-state index contributed by atoms with van der Waals surface area (Å²) in [6.07, 6.45) is 0.142. The van der Waals surface area contributed by atoms with Gasteiger partial charge < -0.3 is 14.8 Å². The Bertz CT molecular complexity index is 845. The minimum absolute atomic E-state index is 0.0159. The Balaban J connectivity index is 1.66. The molecule has 0 aliphatic heterocycles. The van der Waals surface area contributed by atoms with E-state index < -0.39 is 11.9 Å². The molecule has 0 saturated heterocycles. The van der Waals surface area contributed by atoms with Crippen LogP contribution in [-0.2, 0) is 14.3 Å². The molecule has 2 aromatic carbocycles. The number of Topliss-reactive ketones (excluding diaryl/α,β-unsaturated/α-hetero) is 1. The lowest BCUT2D eigenvalue weighted by Crippen LogP contribution is -2.27. The number of hydrogen-bond acceptors (Lipinski definition) is 6. The second kappa shape index (κ2) is 11.4. The zero-order chi connectivity index (χ0) is 21.1. The number of benzene rings is 2. The molecule has 2 rings (SSSR count). The van der Waals surface area contributed by atoms with E-state index in [1.54, 1.807) is 31.2 Å². The van der Waals surface area contributed by atoms with Gasteiger partial charge in [0.2, 0.25) is 5.91 Å². The molecule has 0 fully saturated rings. The van der Waals surface area contributed by atoms with E-state index in [0.717, 1.165) is 0 Å². The molecule has 0 spiro atoms. The van der Waals surface area contributed by atoms with Crippen LogP contribution in [0.2, 0.25) is 0 Å². The van der Waals surface area contributed by atoms with Crippen molar-refractivity contribution in [2.24, 2.45) is 0 Å². The smallest absolute Gasteiger partial charge is 0.338 e. The van der Waals surface area contributed by atoms with Gasteiger partial charge in [0.1, 0.15) is 5.75 Å². The number of carbonyl (C=O) groups is 4. The minimum atomic E-state index is -0.519. The van der Waals surface area contributed by atoms with Crippen LogP contribution < -0.4 is 10.1 Å². The number of rotatable bonds is 10. The molecule has 0 radical (unpaired) electrons. The van der Waals surface area contributed by atoms with Gasteiger partial charge in [-0.3, -0.25) is 14.4 Å². The topological polar surface area (TPSA) is 98.8 Å². The fourth-order valence-corrected chi connectivity index (χ4v) is 2.44. The van der Waals surface area contributed by atoms with E-state index in [0.29, 0.717) is 16.9 Å². The SMILES string of the molecule is CCOC(=O)c1ccc(OC(=O)CCNC(=O)CCC(=O)c2ccccc2)cc1. The van der Waals surface area contributed by atoms with Gasteiger partial charge >= 0.3 is 11.9 Å². The summed E-state index contributed by atoms with van der Waals surface area (Å²) in [5.41, 5.74) is 0.932. The summed E-state index contributed by atoms with van der Waals surface area (Å²) in [7, 11) is 0. The van der Waals surface area contributed by atoms with Gasteiger partial charge in [0.05, 0.1) is 18.6 Å². The third-order valence-corrected chi connectivity index (χ3v) is 3.92. The lowest BCUT2D eigenvalue weighted by Gasteiger charge is -2.07. The van der Waals surface area contributed by atoms with E-state index in [4.69, 9.17) is 9.47 Å². The molecule has 7 nitrogen and oxygen atoms in total. The number of nitrogens with one attached hydrogen (secondary N) is 1. The van der Waals surface area contributed by atoms with Gasteiger partial charge in [0, 0.05) is 24.9 Å². The van der Waals surface area contributed by atoms with Crippen molar-refractivity contribution in [3.05, 3.63) is 65.7 Å². The van der Waals surface area contributed by atoms with Crippen LogP contribution in [0.3, 0.4) is 0 Å². The molecule has 0 atom stereocenters. The van der Waals surface area contributed by atoms with Crippen LogP contribution in [0, 0.1) is 0 Å². The maximum absolute atomic E-state index is 12.0. The molecule has 0 aromatic heterocycles. The normalized spacial score (nSPS) is 10.1. The highest BCUT2D eigenvalue weighted by Crippen LogP contribution is 2.13. The van der Waals surface area contributed by atoms with Crippen LogP contribution in [0.4, 0.5) is 0 Å². The van der Waals surface area contributed by atoms with Gasteiger partial charge in [0.25, 0.3) is 0 Å². The molecule has 0 unspecified atom stereocenters. The molecule has 0 aliphatic rings. The third-order valence-electron chi connectivity index (χ3n) is 3.92. The molecular formula is C22H23NO6. The van der Waals surface area contributed by atoms with Crippen LogP contribution in [0.5, 0.6) is 5.75 Å². The first kappa shape index (κ1) is 21.8. The minimum Gasteiger partial charge on any atom is -0.462 e. The summed E-state index contributed by atoms with van der Waals surface area (Å²) in [6, 6.07) is 14.8. The number of carbonyl (C=O) groups excluding carboxylic acids is 4. The molecule has 0 saturated carbocycles. The zero-order valence-electron chi connectivity index (χ0n) is 16.2. The Hall–Kier alpha value is -3.48. The Labute approximate surface area is 169 Å². The third kappa shape index (κ3) is 7.57. The van der Waals surface area contributed by atoms with Crippen LogP contribution in [0.25, 0.3) is 0 Å². The van der Waals surface area contributed by atoms with Gasteiger partial charge in [-0.2, -0.15) is 0 Å². The van der Waals surface area contributed by atoms with E-state index in [-0.39, 0.29) is 44.1 Å². The van der Waals surface area contributed by atoms with Crippen molar-refractivity contribution in [3.63, 3.8) is 0 Å². The average molecular weight is 397 g/mol. The molecule has 0 heterocycles. The maximum atomic E-state index is 12.0. The quantitative estimate of drug-likeness (QED) is 0.376. The Kier molecular flexibility index (Phi) is 8.56. The summed E-state index contributed by atoms with van der Waals surface area (Å²) < 4.78 is 10.0. The largest absolute Gasteiger partial charge is 0.462 e. The molecule has 152 valence electrons. The number of amides is 1. The van der Waals surface area contributed by atoms with Crippen molar-refractivity contribution in [2.75, 3.05) is 13.2 Å². The van der Waals surface area contributed by atoms with E-state index in [1.807, 2.05) is 6.07 Å². The van der Waals surface area contributed by atoms with Gasteiger partial charge in [-0.15, -0.1) is 0 Å².